The number of ether oxygens (including phenoxy) is 1. The van der Waals surface area contributed by atoms with E-state index >= 15 is 0 Å². The van der Waals surface area contributed by atoms with Crippen LogP contribution >= 0.6 is 0 Å². The second kappa shape index (κ2) is 5.69. The van der Waals surface area contributed by atoms with Crippen molar-refractivity contribution < 1.29 is 4.74 Å². The maximum absolute atomic E-state index is 5.57. The van der Waals surface area contributed by atoms with E-state index in [0.29, 0.717) is 0 Å². The Kier molecular flexibility index (Phi) is 4.22. The highest BCUT2D eigenvalue weighted by Gasteiger charge is 2.19. The van der Waals surface area contributed by atoms with Crippen molar-refractivity contribution in [3.05, 3.63) is 0 Å². The van der Waals surface area contributed by atoms with Gasteiger partial charge in [-0.1, -0.05) is 0 Å². The molecule has 1 saturated carbocycles. The Bertz CT molecular complexity index is 153. The first-order valence-electron chi connectivity index (χ1n) is 5.98. The third kappa shape index (κ3) is 3.95. The number of hydrogen-bond donors (Lipinski definition) is 1. The first-order chi connectivity index (χ1) is 6.95. The number of likely N-dealkylation sites (tertiary alicyclic amines) is 1. The Morgan fingerprint density at radius 2 is 1.93 bits per heavy atom. The molecule has 1 N–H and O–H groups in total. The summed E-state index contributed by atoms with van der Waals surface area (Å²) in [5.74, 6) is 0. The Morgan fingerprint density at radius 1 is 1.14 bits per heavy atom. The minimum atomic E-state index is 0.817. The van der Waals surface area contributed by atoms with Crippen LogP contribution in [0, 0.1) is 0 Å². The quantitative estimate of drug-likeness (QED) is 0.614. The molecule has 2 aliphatic rings. The molecule has 3 nitrogen and oxygen atoms in total. The normalized spacial score (nSPS) is 23.1. The van der Waals surface area contributed by atoms with Gasteiger partial charge in [-0.15, -0.1) is 0 Å². The molecule has 1 heterocycles. The molecule has 14 heavy (non-hydrogen) atoms. The summed E-state index contributed by atoms with van der Waals surface area (Å²) in [5.41, 5.74) is 0. The van der Waals surface area contributed by atoms with Gasteiger partial charge in [-0.2, -0.15) is 0 Å². The van der Waals surface area contributed by atoms with Crippen LogP contribution in [-0.2, 0) is 4.74 Å². The highest BCUT2D eigenvalue weighted by molar-refractivity contribution is 4.80. The smallest absolute Gasteiger partial charge is 0.0594 e. The third-order valence-corrected chi connectivity index (χ3v) is 3.01. The van der Waals surface area contributed by atoms with E-state index < -0.39 is 0 Å². The van der Waals surface area contributed by atoms with Crippen LogP contribution in [0.3, 0.4) is 0 Å². The van der Waals surface area contributed by atoms with Gasteiger partial charge in [0.25, 0.3) is 0 Å². The minimum absolute atomic E-state index is 0.817. The van der Waals surface area contributed by atoms with Gasteiger partial charge in [0.2, 0.25) is 0 Å². The summed E-state index contributed by atoms with van der Waals surface area (Å²) >= 11 is 0. The van der Waals surface area contributed by atoms with E-state index in [0.717, 1.165) is 32.3 Å². The zero-order chi connectivity index (χ0) is 9.64. The summed E-state index contributed by atoms with van der Waals surface area (Å²) < 4.78 is 5.57. The molecular weight excluding hydrogens is 176 g/mol. The second-order valence-electron chi connectivity index (χ2n) is 4.39. The molecule has 3 heteroatoms. The van der Waals surface area contributed by atoms with Crippen LogP contribution in [0.5, 0.6) is 0 Å². The predicted octanol–water partition coefficient (Wildman–Crippen LogP) is 0.851. The van der Waals surface area contributed by atoms with Crippen molar-refractivity contribution in [3.63, 3.8) is 0 Å². The van der Waals surface area contributed by atoms with Gasteiger partial charge in [0.05, 0.1) is 13.2 Å². The SMILES string of the molecule is C1CCN(CCOCCNC2CC2)C1. The highest BCUT2D eigenvalue weighted by atomic mass is 16.5. The number of nitrogens with zero attached hydrogens (tertiary/aromatic N) is 1. The average Bonchev–Trinajstić information content (AvgIpc) is 2.87. The van der Waals surface area contributed by atoms with Crippen LogP contribution < -0.4 is 5.32 Å². The van der Waals surface area contributed by atoms with E-state index in [9.17, 15) is 0 Å². The predicted molar refractivity (Wildman–Crippen MR) is 57.5 cm³/mol. The van der Waals surface area contributed by atoms with Crippen LogP contribution in [0.1, 0.15) is 25.7 Å². The molecule has 0 aromatic heterocycles. The Labute approximate surface area is 86.8 Å². The summed E-state index contributed by atoms with van der Waals surface area (Å²) in [6.45, 7) is 6.51. The lowest BCUT2D eigenvalue weighted by Gasteiger charge is -2.14. The fourth-order valence-corrected chi connectivity index (χ4v) is 1.92. The largest absolute Gasteiger partial charge is 0.379 e. The van der Waals surface area contributed by atoms with Gasteiger partial charge < -0.3 is 15.0 Å². The van der Waals surface area contributed by atoms with E-state index in [4.69, 9.17) is 4.74 Å². The Morgan fingerprint density at radius 3 is 2.64 bits per heavy atom. The van der Waals surface area contributed by atoms with Crippen LogP contribution in [-0.4, -0.2) is 50.3 Å². The summed E-state index contributed by atoms with van der Waals surface area (Å²) in [7, 11) is 0. The molecular formula is C11H22N2O. The summed E-state index contributed by atoms with van der Waals surface area (Å²) in [4.78, 5) is 2.49. The van der Waals surface area contributed by atoms with Crippen LogP contribution in [0.2, 0.25) is 0 Å². The Hall–Kier alpha value is -0.120. The molecule has 0 amide bonds. The van der Waals surface area contributed by atoms with Crippen molar-refractivity contribution in [2.75, 3.05) is 39.4 Å². The number of hydrogen-bond acceptors (Lipinski definition) is 3. The maximum atomic E-state index is 5.57. The number of rotatable bonds is 7. The van der Waals surface area contributed by atoms with Gasteiger partial charge in [-0.05, 0) is 38.8 Å². The molecule has 1 saturated heterocycles. The molecule has 0 radical (unpaired) electrons. The van der Waals surface area contributed by atoms with Gasteiger partial charge in [-0.25, -0.2) is 0 Å². The lowest BCUT2D eigenvalue weighted by Crippen LogP contribution is -2.26. The van der Waals surface area contributed by atoms with Crippen molar-refractivity contribution >= 4 is 0 Å². The molecule has 0 aromatic carbocycles. The molecule has 1 aliphatic heterocycles. The Balaban J connectivity index is 1.35. The topological polar surface area (TPSA) is 24.5 Å². The van der Waals surface area contributed by atoms with Crippen molar-refractivity contribution in [2.24, 2.45) is 0 Å². The van der Waals surface area contributed by atoms with Gasteiger partial charge >= 0.3 is 0 Å². The highest BCUT2D eigenvalue weighted by Crippen LogP contribution is 2.17. The lowest BCUT2D eigenvalue weighted by molar-refractivity contribution is 0.112. The average molecular weight is 198 g/mol. The van der Waals surface area contributed by atoms with Crippen molar-refractivity contribution in [3.8, 4) is 0 Å². The van der Waals surface area contributed by atoms with E-state index in [1.54, 1.807) is 0 Å². The fourth-order valence-electron chi connectivity index (χ4n) is 1.92. The van der Waals surface area contributed by atoms with Crippen LogP contribution in [0.15, 0.2) is 0 Å². The van der Waals surface area contributed by atoms with Crippen molar-refractivity contribution in [1.82, 2.24) is 10.2 Å². The van der Waals surface area contributed by atoms with E-state index in [1.807, 2.05) is 0 Å². The van der Waals surface area contributed by atoms with E-state index in [1.165, 1.54) is 38.8 Å². The van der Waals surface area contributed by atoms with Crippen molar-refractivity contribution in [2.45, 2.75) is 31.7 Å². The molecule has 82 valence electrons. The van der Waals surface area contributed by atoms with Crippen molar-refractivity contribution in [1.29, 1.82) is 0 Å². The second-order valence-corrected chi connectivity index (χ2v) is 4.39. The fraction of sp³-hybridized carbons (Fsp3) is 1.00. The van der Waals surface area contributed by atoms with Crippen LogP contribution in [0.4, 0.5) is 0 Å². The maximum Gasteiger partial charge on any atom is 0.0594 e. The summed E-state index contributed by atoms with van der Waals surface area (Å²) in [5, 5.41) is 3.45. The molecule has 2 rings (SSSR count). The minimum Gasteiger partial charge on any atom is -0.379 e. The zero-order valence-corrected chi connectivity index (χ0v) is 9.00. The molecule has 0 bridgehead atoms. The summed E-state index contributed by atoms with van der Waals surface area (Å²) in [6, 6.07) is 0.817. The van der Waals surface area contributed by atoms with Gasteiger partial charge in [0.1, 0.15) is 0 Å². The van der Waals surface area contributed by atoms with E-state index in [2.05, 4.69) is 10.2 Å². The molecule has 0 unspecified atom stereocenters. The van der Waals surface area contributed by atoms with Crippen LogP contribution in [0.25, 0.3) is 0 Å². The molecule has 1 aliphatic carbocycles. The monoisotopic (exact) mass is 198 g/mol. The molecule has 2 fully saturated rings. The summed E-state index contributed by atoms with van der Waals surface area (Å²) in [6.07, 6.45) is 5.49. The van der Waals surface area contributed by atoms with E-state index in [-0.39, 0.29) is 0 Å². The molecule has 0 aromatic rings. The molecule has 0 atom stereocenters. The third-order valence-electron chi connectivity index (χ3n) is 3.01. The first kappa shape index (κ1) is 10.4. The standard InChI is InChI=1S/C11H22N2O/c1-2-7-13(6-1)8-10-14-9-5-12-11-3-4-11/h11-12H,1-10H2. The molecule has 0 spiro atoms. The number of nitrogens with one attached hydrogen (secondary N) is 1. The van der Waals surface area contributed by atoms with Gasteiger partial charge in [-0.3, -0.25) is 0 Å². The van der Waals surface area contributed by atoms with Gasteiger partial charge in [0, 0.05) is 19.1 Å². The van der Waals surface area contributed by atoms with Gasteiger partial charge in [0.15, 0.2) is 0 Å². The first-order valence-corrected chi connectivity index (χ1v) is 5.98. The zero-order valence-electron chi connectivity index (χ0n) is 9.00. The lowest BCUT2D eigenvalue weighted by atomic mass is 10.4.